The summed E-state index contributed by atoms with van der Waals surface area (Å²) in [4.78, 5) is 41.1. The Labute approximate surface area is 219 Å². The highest BCUT2D eigenvalue weighted by molar-refractivity contribution is 5.89. The van der Waals surface area contributed by atoms with E-state index in [0.717, 1.165) is 56.9 Å². The van der Waals surface area contributed by atoms with E-state index in [9.17, 15) is 19.6 Å². The maximum absolute atomic E-state index is 13.5. The van der Waals surface area contributed by atoms with Crippen molar-refractivity contribution in [3.63, 3.8) is 0 Å². The lowest BCUT2D eigenvalue weighted by molar-refractivity contribution is -0.140. The van der Waals surface area contributed by atoms with E-state index in [0.29, 0.717) is 25.1 Å². The van der Waals surface area contributed by atoms with Crippen LogP contribution in [-0.4, -0.2) is 53.4 Å². The molecule has 3 amide bonds. The van der Waals surface area contributed by atoms with Gasteiger partial charge in [0, 0.05) is 18.0 Å². The summed E-state index contributed by atoms with van der Waals surface area (Å²) in [6.07, 6.45) is 10.1. The molecule has 2 heterocycles. The van der Waals surface area contributed by atoms with Crippen LogP contribution in [0.3, 0.4) is 0 Å². The molecule has 4 fully saturated rings. The Morgan fingerprint density at radius 3 is 2.54 bits per heavy atom. The van der Waals surface area contributed by atoms with Crippen molar-refractivity contribution in [2.75, 3.05) is 13.2 Å². The first-order valence-electron chi connectivity index (χ1n) is 13.8. The van der Waals surface area contributed by atoms with Crippen LogP contribution in [0.25, 0.3) is 0 Å². The molecule has 0 bridgehead atoms. The standard InChI is InChI=1S/C29H38N4O4/c1-20-5-7-23(8-6-20)37-18-25(34)33-19-28(10-3-2-4-11-28)16-24(33)27(36)31-22(17-30)15-21-9-12-29(13-14-29)32-26(21)35/h5-8,21-22,24H,2-4,9-16,18-19H2,1H3,(H,31,36)(H,32,35)/t21-,22-,24-/m0/s1. The molecule has 2 aliphatic carbocycles. The third-order valence-electron chi connectivity index (χ3n) is 9.01. The molecule has 2 spiro atoms. The summed E-state index contributed by atoms with van der Waals surface area (Å²) in [7, 11) is 0. The lowest BCUT2D eigenvalue weighted by Gasteiger charge is -2.33. The number of nitrogens with one attached hydrogen (secondary N) is 2. The predicted molar refractivity (Wildman–Crippen MR) is 137 cm³/mol. The molecule has 2 saturated carbocycles. The van der Waals surface area contributed by atoms with Crippen LogP contribution in [0.15, 0.2) is 24.3 Å². The smallest absolute Gasteiger partial charge is 0.261 e. The number of ether oxygens (including phenoxy) is 1. The molecule has 4 aliphatic rings. The van der Waals surface area contributed by atoms with Crippen molar-refractivity contribution in [2.45, 2.75) is 95.2 Å². The molecule has 0 unspecified atom stereocenters. The van der Waals surface area contributed by atoms with Gasteiger partial charge in [0.25, 0.3) is 5.91 Å². The van der Waals surface area contributed by atoms with Crippen LogP contribution < -0.4 is 15.4 Å². The van der Waals surface area contributed by atoms with Gasteiger partial charge >= 0.3 is 0 Å². The Hall–Kier alpha value is -3.08. The molecule has 5 rings (SSSR count). The number of benzene rings is 1. The third-order valence-corrected chi connectivity index (χ3v) is 9.01. The zero-order chi connectivity index (χ0) is 26.0. The van der Waals surface area contributed by atoms with Gasteiger partial charge in [0.2, 0.25) is 11.8 Å². The Bertz CT molecular complexity index is 1070. The van der Waals surface area contributed by atoms with Crippen LogP contribution >= 0.6 is 0 Å². The van der Waals surface area contributed by atoms with Crippen LogP contribution in [0.4, 0.5) is 0 Å². The number of amides is 3. The van der Waals surface area contributed by atoms with Crippen LogP contribution in [0.1, 0.15) is 76.2 Å². The van der Waals surface area contributed by atoms with Gasteiger partial charge < -0.3 is 20.3 Å². The highest BCUT2D eigenvalue weighted by Gasteiger charge is 2.50. The fourth-order valence-electron chi connectivity index (χ4n) is 6.53. The highest BCUT2D eigenvalue weighted by atomic mass is 16.5. The highest BCUT2D eigenvalue weighted by Crippen LogP contribution is 2.47. The molecule has 8 heteroatoms. The van der Waals surface area contributed by atoms with Gasteiger partial charge in [-0.1, -0.05) is 37.0 Å². The van der Waals surface area contributed by atoms with E-state index < -0.39 is 12.1 Å². The normalized spacial score (nSPS) is 26.3. The summed E-state index contributed by atoms with van der Waals surface area (Å²) >= 11 is 0. The number of aryl methyl sites for hydroxylation is 1. The van der Waals surface area contributed by atoms with Crippen molar-refractivity contribution < 1.29 is 19.1 Å². The second-order valence-corrected chi connectivity index (χ2v) is 11.8. The SMILES string of the molecule is Cc1ccc(OCC(=O)N2CC3(CCCCC3)C[C@H]2C(=O)N[C@H](C#N)C[C@@H]2CCC3(CC3)NC2=O)cc1. The molecule has 3 atom stereocenters. The van der Waals surface area contributed by atoms with E-state index in [1.807, 2.05) is 31.2 Å². The molecule has 2 aliphatic heterocycles. The average Bonchev–Trinajstić information content (AvgIpc) is 3.55. The predicted octanol–water partition coefficient (Wildman–Crippen LogP) is 3.38. The van der Waals surface area contributed by atoms with Crippen molar-refractivity contribution in [2.24, 2.45) is 11.3 Å². The fraction of sp³-hybridized carbons (Fsp3) is 0.655. The van der Waals surface area contributed by atoms with Gasteiger partial charge in [-0.15, -0.1) is 0 Å². The number of likely N-dealkylation sites (tertiary alicyclic amines) is 1. The molecule has 2 N–H and O–H groups in total. The average molecular weight is 507 g/mol. The lowest BCUT2D eigenvalue weighted by atomic mass is 9.72. The largest absolute Gasteiger partial charge is 0.484 e. The van der Waals surface area contributed by atoms with Gasteiger partial charge in [0.15, 0.2) is 6.61 Å². The zero-order valence-electron chi connectivity index (χ0n) is 21.8. The first-order valence-corrected chi connectivity index (χ1v) is 13.8. The Morgan fingerprint density at radius 1 is 1.16 bits per heavy atom. The van der Waals surface area contributed by atoms with Gasteiger partial charge in [0.05, 0.1) is 6.07 Å². The van der Waals surface area contributed by atoms with Crippen molar-refractivity contribution in [1.29, 1.82) is 5.26 Å². The van der Waals surface area contributed by atoms with E-state index in [2.05, 4.69) is 16.7 Å². The van der Waals surface area contributed by atoms with Crippen LogP contribution in [0, 0.1) is 29.6 Å². The summed E-state index contributed by atoms with van der Waals surface area (Å²) < 4.78 is 5.76. The second kappa shape index (κ2) is 10.4. The minimum atomic E-state index is -0.764. The van der Waals surface area contributed by atoms with Crippen molar-refractivity contribution in [3.8, 4) is 11.8 Å². The summed E-state index contributed by atoms with van der Waals surface area (Å²) in [6, 6.07) is 8.33. The zero-order valence-corrected chi connectivity index (χ0v) is 21.8. The molecule has 0 radical (unpaired) electrons. The number of carbonyl (C=O) groups excluding carboxylic acids is 3. The van der Waals surface area contributed by atoms with Gasteiger partial charge in [-0.2, -0.15) is 5.26 Å². The van der Waals surface area contributed by atoms with E-state index in [4.69, 9.17) is 4.74 Å². The van der Waals surface area contributed by atoms with Gasteiger partial charge in [-0.05, 0) is 75.8 Å². The molecule has 2 saturated heterocycles. The van der Waals surface area contributed by atoms with Crippen LogP contribution in [0.2, 0.25) is 0 Å². The van der Waals surface area contributed by atoms with E-state index in [1.54, 1.807) is 4.90 Å². The summed E-state index contributed by atoms with van der Waals surface area (Å²) in [5.74, 6) is -0.170. The summed E-state index contributed by atoms with van der Waals surface area (Å²) in [6.45, 7) is 2.41. The van der Waals surface area contributed by atoms with E-state index in [-0.39, 0.29) is 41.2 Å². The summed E-state index contributed by atoms with van der Waals surface area (Å²) in [5, 5.41) is 15.8. The van der Waals surface area contributed by atoms with Crippen molar-refractivity contribution in [1.82, 2.24) is 15.5 Å². The minimum absolute atomic E-state index is 0.00134. The second-order valence-electron chi connectivity index (χ2n) is 11.8. The Balaban J connectivity index is 1.23. The number of piperidine rings is 1. The van der Waals surface area contributed by atoms with E-state index in [1.165, 1.54) is 6.42 Å². The molecule has 8 nitrogen and oxygen atoms in total. The maximum atomic E-state index is 13.5. The van der Waals surface area contributed by atoms with Gasteiger partial charge in [-0.25, -0.2) is 0 Å². The molecular formula is C29H38N4O4. The molecule has 37 heavy (non-hydrogen) atoms. The Morgan fingerprint density at radius 2 is 1.89 bits per heavy atom. The number of carbonyl (C=O) groups is 3. The molecule has 198 valence electrons. The number of hydrogen-bond donors (Lipinski definition) is 2. The minimum Gasteiger partial charge on any atom is -0.484 e. The summed E-state index contributed by atoms with van der Waals surface area (Å²) in [5.41, 5.74) is 1.06. The van der Waals surface area contributed by atoms with Gasteiger partial charge in [0.1, 0.15) is 17.8 Å². The maximum Gasteiger partial charge on any atom is 0.261 e. The van der Waals surface area contributed by atoms with E-state index >= 15 is 0 Å². The molecular weight excluding hydrogens is 468 g/mol. The monoisotopic (exact) mass is 506 g/mol. The molecule has 0 aromatic heterocycles. The first-order chi connectivity index (χ1) is 17.8. The van der Waals surface area contributed by atoms with Gasteiger partial charge in [-0.3, -0.25) is 14.4 Å². The quantitative estimate of drug-likeness (QED) is 0.589. The van der Waals surface area contributed by atoms with Crippen LogP contribution in [0.5, 0.6) is 5.75 Å². The van der Waals surface area contributed by atoms with Crippen molar-refractivity contribution in [3.05, 3.63) is 29.8 Å². The number of nitriles is 1. The van der Waals surface area contributed by atoms with Crippen LogP contribution in [-0.2, 0) is 14.4 Å². The first kappa shape index (κ1) is 25.6. The lowest BCUT2D eigenvalue weighted by Crippen LogP contribution is -2.51. The number of nitrogens with zero attached hydrogens (tertiary/aromatic N) is 2. The number of hydrogen-bond acceptors (Lipinski definition) is 5. The number of rotatable bonds is 7. The topological polar surface area (TPSA) is 112 Å². The Kier molecular flexibility index (Phi) is 7.15. The van der Waals surface area contributed by atoms with Crippen molar-refractivity contribution >= 4 is 17.7 Å². The molecule has 1 aromatic carbocycles. The molecule has 1 aromatic rings. The fourth-order valence-corrected chi connectivity index (χ4v) is 6.53. The third kappa shape index (κ3) is 5.76.